The van der Waals surface area contributed by atoms with Gasteiger partial charge in [0.05, 0.1) is 11.4 Å². The van der Waals surface area contributed by atoms with Crippen molar-refractivity contribution < 1.29 is 0 Å². The van der Waals surface area contributed by atoms with E-state index in [1.54, 1.807) is 0 Å². The van der Waals surface area contributed by atoms with Gasteiger partial charge < -0.3 is 4.90 Å². The van der Waals surface area contributed by atoms with Gasteiger partial charge in [0.15, 0.2) is 0 Å². The Balaban J connectivity index is 1.24. The molecular formula is C58H45N. The summed E-state index contributed by atoms with van der Waals surface area (Å²) in [6, 6.07) is 66.3. The minimum atomic E-state index is -0.197. The molecule has 0 aliphatic heterocycles. The maximum atomic E-state index is 3.80. The zero-order valence-electron chi connectivity index (χ0n) is 34.1. The Morgan fingerprint density at radius 3 is 1.95 bits per heavy atom. The van der Waals surface area contributed by atoms with Crippen molar-refractivity contribution >= 4 is 33.4 Å². The van der Waals surface area contributed by atoms with Crippen LogP contribution >= 0.6 is 0 Å². The van der Waals surface area contributed by atoms with E-state index in [-0.39, 0.29) is 10.8 Å². The van der Waals surface area contributed by atoms with Crippen molar-refractivity contribution in [2.75, 3.05) is 4.90 Å². The molecule has 3 aliphatic carbocycles. The van der Waals surface area contributed by atoms with Crippen LogP contribution in [0.25, 0.3) is 60.9 Å². The molecule has 0 bridgehead atoms. The molecule has 3 aliphatic rings. The van der Waals surface area contributed by atoms with Crippen molar-refractivity contribution in [1.29, 1.82) is 0 Å². The van der Waals surface area contributed by atoms with Gasteiger partial charge in [-0.15, -0.1) is 0 Å². The van der Waals surface area contributed by atoms with E-state index >= 15 is 0 Å². The van der Waals surface area contributed by atoms with Crippen LogP contribution in [-0.4, -0.2) is 0 Å². The molecule has 0 radical (unpaired) electrons. The number of benzene rings is 7. The summed E-state index contributed by atoms with van der Waals surface area (Å²) < 4.78 is 0. The summed E-state index contributed by atoms with van der Waals surface area (Å²) in [5.74, 6) is 0. The molecule has 0 amide bonds. The van der Waals surface area contributed by atoms with Crippen molar-refractivity contribution in [2.24, 2.45) is 0 Å². The van der Waals surface area contributed by atoms with Gasteiger partial charge in [-0.3, -0.25) is 0 Å². The Morgan fingerprint density at radius 2 is 1.15 bits per heavy atom. The number of allylic oxidation sites excluding steroid dienone is 4. The van der Waals surface area contributed by atoms with Gasteiger partial charge in [-0.1, -0.05) is 173 Å². The largest absolute Gasteiger partial charge is 0.302 e. The average Bonchev–Trinajstić information content (AvgIpc) is 3.66. The van der Waals surface area contributed by atoms with Gasteiger partial charge >= 0.3 is 0 Å². The lowest BCUT2D eigenvalue weighted by atomic mass is 9.82. The molecule has 8 aromatic rings. The minimum absolute atomic E-state index is 0.164. The van der Waals surface area contributed by atoms with Gasteiger partial charge in [-0.25, -0.2) is 0 Å². The third-order valence-corrected chi connectivity index (χ3v) is 13.3. The highest BCUT2D eigenvalue weighted by molar-refractivity contribution is 6.01. The van der Waals surface area contributed by atoms with Crippen LogP contribution in [0.15, 0.2) is 176 Å². The monoisotopic (exact) mass is 755 g/mol. The summed E-state index contributed by atoms with van der Waals surface area (Å²) in [6.07, 6.45) is 8.82. The van der Waals surface area contributed by atoms with Crippen LogP contribution in [-0.2, 0) is 10.8 Å². The molecule has 1 nitrogen and oxygen atoms in total. The normalized spacial score (nSPS) is 15.2. The summed E-state index contributed by atoms with van der Waals surface area (Å²) in [4.78, 5) is 2.52. The molecule has 11 rings (SSSR count). The van der Waals surface area contributed by atoms with Crippen molar-refractivity contribution in [3.05, 3.63) is 216 Å². The quantitative estimate of drug-likeness (QED) is 0.163. The zero-order valence-corrected chi connectivity index (χ0v) is 34.1. The van der Waals surface area contributed by atoms with Crippen molar-refractivity contribution in [3.63, 3.8) is 0 Å². The van der Waals surface area contributed by atoms with E-state index in [2.05, 4.69) is 221 Å². The van der Waals surface area contributed by atoms with Crippen molar-refractivity contribution in [3.8, 4) is 44.5 Å². The van der Waals surface area contributed by atoms with Crippen LogP contribution in [0.3, 0.4) is 0 Å². The number of rotatable bonds is 6. The second-order valence-corrected chi connectivity index (χ2v) is 17.5. The summed E-state index contributed by atoms with van der Waals surface area (Å²) in [5, 5.41) is 2.46. The highest BCUT2D eigenvalue weighted by atomic mass is 15.1. The van der Waals surface area contributed by atoms with Crippen LogP contribution in [0.5, 0.6) is 0 Å². The summed E-state index contributed by atoms with van der Waals surface area (Å²) in [5.41, 5.74) is 20.6. The molecule has 8 aromatic carbocycles. The SMILES string of the molecule is CC1(C)c2cc(N(c3ccc4c(c3)C(C)(C)c3ccccc3-4)c3c(C4=CC=CCC4)cc(-c4ccccc4)cc3-c3ccc4ccccc4c3)c#cc2-c2ccccc21. The molecule has 59 heavy (non-hydrogen) atoms. The Bertz CT molecular complexity index is 2940. The topological polar surface area (TPSA) is 3.24 Å². The van der Waals surface area contributed by atoms with E-state index in [1.165, 1.54) is 83.1 Å². The molecule has 0 unspecified atom stereocenters. The van der Waals surface area contributed by atoms with E-state index < -0.39 is 0 Å². The summed E-state index contributed by atoms with van der Waals surface area (Å²) in [7, 11) is 0. The Hall–Kier alpha value is -6.88. The Kier molecular flexibility index (Phi) is 7.98. The fourth-order valence-electron chi connectivity index (χ4n) is 10.2. The third-order valence-electron chi connectivity index (χ3n) is 13.3. The van der Waals surface area contributed by atoms with Gasteiger partial charge in [-0.05, 0) is 127 Å². The van der Waals surface area contributed by atoms with Crippen LogP contribution in [0.2, 0.25) is 0 Å². The van der Waals surface area contributed by atoms with Crippen LogP contribution in [0, 0.1) is 12.1 Å². The lowest BCUT2D eigenvalue weighted by molar-refractivity contribution is 0.660. The molecular weight excluding hydrogens is 711 g/mol. The fourth-order valence-corrected chi connectivity index (χ4v) is 10.2. The Labute approximate surface area is 348 Å². The second-order valence-electron chi connectivity index (χ2n) is 17.5. The van der Waals surface area contributed by atoms with Crippen LogP contribution in [0.4, 0.5) is 17.1 Å². The van der Waals surface area contributed by atoms with E-state index in [1.807, 2.05) is 0 Å². The Morgan fingerprint density at radius 1 is 0.475 bits per heavy atom. The number of anilines is 3. The molecule has 0 aromatic heterocycles. The van der Waals surface area contributed by atoms with Crippen molar-refractivity contribution in [2.45, 2.75) is 51.4 Å². The molecule has 1 heteroatoms. The first kappa shape index (κ1) is 35.3. The maximum absolute atomic E-state index is 3.80. The van der Waals surface area contributed by atoms with Crippen LogP contribution < -0.4 is 4.90 Å². The van der Waals surface area contributed by atoms with Gasteiger partial charge in [0.25, 0.3) is 0 Å². The molecule has 0 atom stereocenters. The van der Waals surface area contributed by atoms with Gasteiger partial charge in [0.2, 0.25) is 0 Å². The number of hydrogen-bond acceptors (Lipinski definition) is 1. The number of nitrogens with zero attached hydrogens (tertiary/aromatic N) is 1. The third kappa shape index (κ3) is 5.55. The zero-order chi connectivity index (χ0) is 39.9. The van der Waals surface area contributed by atoms with Crippen LogP contribution in [0.1, 0.15) is 68.4 Å². The van der Waals surface area contributed by atoms with Crippen molar-refractivity contribution in [1.82, 2.24) is 0 Å². The van der Waals surface area contributed by atoms with E-state index in [0.717, 1.165) is 35.5 Å². The molecule has 0 saturated carbocycles. The molecule has 0 saturated heterocycles. The van der Waals surface area contributed by atoms with E-state index in [0.29, 0.717) is 0 Å². The first-order chi connectivity index (χ1) is 28.8. The van der Waals surface area contributed by atoms with Gasteiger partial charge in [0.1, 0.15) is 0 Å². The summed E-state index contributed by atoms with van der Waals surface area (Å²) >= 11 is 0. The van der Waals surface area contributed by atoms with E-state index in [4.69, 9.17) is 0 Å². The van der Waals surface area contributed by atoms with Gasteiger partial charge in [0, 0.05) is 33.2 Å². The lowest BCUT2D eigenvalue weighted by Gasteiger charge is -2.33. The predicted octanol–water partition coefficient (Wildman–Crippen LogP) is 15.6. The lowest BCUT2D eigenvalue weighted by Crippen LogP contribution is -2.19. The maximum Gasteiger partial charge on any atom is 0.0977 e. The average molecular weight is 756 g/mol. The standard InChI is InChI=1S/C58H45N/c1-57(2)52-25-15-13-23-46(52)48-31-29-44(36-54(48)57)59(45-30-32-49-47-24-14-16-26-53(47)58(3,4)55(49)37-45)56-50(40-20-9-6-10-21-40)34-43(38-17-7-5-8-18-38)35-51(56)42-28-27-39-19-11-12-22-41(39)33-42/h5-9,11-20,22-29,31,33-37H,10,21H2,1-4H3. The van der Waals surface area contributed by atoms with Gasteiger partial charge in [-0.2, -0.15) is 0 Å². The fraction of sp³-hybridized carbons (Fsp3) is 0.138. The number of hydrogen-bond donors (Lipinski definition) is 0. The minimum Gasteiger partial charge on any atom is -0.302 e. The first-order valence-corrected chi connectivity index (χ1v) is 21.0. The highest BCUT2D eigenvalue weighted by Gasteiger charge is 2.38. The van der Waals surface area contributed by atoms with E-state index in [9.17, 15) is 0 Å². The summed E-state index contributed by atoms with van der Waals surface area (Å²) in [6.45, 7) is 9.46. The number of fused-ring (bicyclic) bond motifs is 7. The first-order valence-electron chi connectivity index (χ1n) is 21.0. The molecule has 0 spiro atoms. The second kappa shape index (κ2) is 13.3. The molecule has 0 heterocycles. The molecule has 0 fully saturated rings. The molecule has 0 N–H and O–H groups in total. The molecule has 282 valence electrons. The highest BCUT2D eigenvalue weighted by Crippen LogP contribution is 2.55. The smallest absolute Gasteiger partial charge is 0.0977 e. The predicted molar refractivity (Wildman–Crippen MR) is 249 cm³/mol.